The zero-order valence-electron chi connectivity index (χ0n) is 17.1. The third kappa shape index (κ3) is 14.8. The Kier molecular flexibility index (Phi) is 17.8. The van der Waals surface area contributed by atoms with E-state index in [0.29, 0.717) is 6.61 Å². The summed E-state index contributed by atoms with van der Waals surface area (Å²) < 4.78 is 10.8. The Morgan fingerprint density at radius 1 is 1.00 bits per heavy atom. The van der Waals surface area contributed by atoms with Crippen molar-refractivity contribution < 1.29 is 9.47 Å². The lowest BCUT2D eigenvalue weighted by Gasteiger charge is -2.18. The van der Waals surface area contributed by atoms with Crippen LogP contribution >= 0.6 is 24.0 Å². The molecule has 0 amide bonds. The fourth-order valence-corrected chi connectivity index (χ4v) is 2.48. The van der Waals surface area contributed by atoms with Gasteiger partial charge in [-0.2, -0.15) is 0 Å². The van der Waals surface area contributed by atoms with Gasteiger partial charge in [-0.3, -0.25) is 4.99 Å². The molecule has 156 valence electrons. The average molecular weight is 492 g/mol. The molecule has 0 aliphatic heterocycles. The Labute approximate surface area is 182 Å². The Balaban J connectivity index is 0.00000676. The van der Waals surface area contributed by atoms with Crippen LogP contribution in [0.4, 0.5) is 0 Å². The van der Waals surface area contributed by atoms with Crippen LogP contribution in [0.5, 0.6) is 0 Å². The molecule has 0 atom stereocenters. The first-order valence-electron chi connectivity index (χ1n) is 9.50. The van der Waals surface area contributed by atoms with Gasteiger partial charge in [-0.05, 0) is 31.9 Å². The molecule has 7 heteroatoms. The number of unbranched alkanes of at least 4 members (excludes halogenated alkanes) is 1. The standard InChI is InChI=1S/C20H36N4O2.HI/c1-21-20(23-13-15-24(2)14-9-16-25-3)22-12-7-8-17-26-18-19-10-5-4-6-11-19;/h4-6,10-11H,7-9,12-18H2,1-3H3,(H2,21,22,23);1H. The van der Waals surface area contributed by atoms with Crippen molar-refractivity contribution in [2.75, 3.05) is 60.6 Å². The molecule has 0 heterocycles. The molecule has 27 heavy (non-hydrogen) atoms. The highest BCUT2D eigenvalue weighted by Crippen LogP contribution is 2.01. The number of ether oxygens (including phenoxy) is 2. The van der Waals surface area contributed by atoms with Gasteiger partial charge in [0.1, 0.15) is 0 Å². The van der Waals surface area contributed by atoms with Gasteiger partial charge in [0.2, 0.25) is 0 Å². The maximum Gasteiger partial charge on any atom is 0.191 e. The summed E-state index contributed by atoms with van der Waals surface area (Å²) in [5.41, 5.74) is 1.22. The van der Waals surface area contributed by atoms with E-state index < -0.39 is 0 Å². The summed E-state index contributed by atoms with van der Waals surface area (Å²) in [6, 6.07) is 10.3. The molecular formula is C20H37IN4O2. The summed E-state index contributed by atoms with van der Waals surface area (Å²) in [6.45, 7) is 6.10. The lowest BCUT2D eigenvalue weighted by molar-refractivity contribution is 0.117. The van der Waals surface area contributed by atoms with Gasteiger partial charge in [0.15, 0.2) is 5.96 Å². The maximum absolute atomic E-state index is 5.70. The summed E-state index contributed by atoms with van der Waals surface area (Å²) in [4.78, 5) is 6.55. The molecule has 0 aliphatic carbocycles. The van der Waals surface area contributed by atoms with E-state index >= 15 is 0 Å². The van der Waals surface area contributed by atoms with Crippen molar-refractivity contribution in [2.24, 2.45) is 4.99 Å². The highest BCUT2D eigenvalue weighted by molar-refractivity contribution is 14.0. The summed E-state index contributed by atoms with van der Waals surface area (Å²) in [7, 11) is 5.68. The third-order valence-corrected chi connectivity index (χ3v) is 4.02. The van der Waals surface area contributed by atoms with Gasteiger partial charge in [0, 0.05) is 53.6 Å². The Hall–Kier alpha value is -0.900. The van der Waals surface area contributed by atoms with Gasteiger partial charge in [0.05, 0.1) is 6.61 Å². The van der Waals surface area contributed by atoms with Crippen LogP contribution in [0, 0.1) is 0 Å². The smallest absolute Gasteiger partial charge is 0.191 e. The number of hydrogen-bond acceptors (Lipinski definition) is 4. The number of halogens is 1. The van der Waals surface area contributed by atoms with Crippen molar-refractivity contribution in [3.8, 4) is 0 Å². The molecule has 0 unspecified atom stereocenters. The largest absolute Gasteiger partial charge is 0.385 e. The minimum absolute atomic E-state index is 0. The lowest BCUT2D eigenvalue weighted by atomic mass is 10.2. The number of rotatable bonds is 14. The third-order valence-electron chi connectivity index (χ3n) is 4.02. The number of guanidine groups is 1. The SMILES string of the molecule is CN=C(NCCCCOCc1ccccc1)NCCN(C)CCCOC.I. The van der Waals surface area contributed by atoms with E-state index in [1.165, 1.54) is 5.56 Å². The number of benzene rings is 1. The maximum atomic E-state index is 5.70. The second-order valence-corrected chi connectivity index (χ2v) is 6.32. The molecule has 0 saturated heterocycles. The van der Waals surface area contributed by atoms with Crippen molar-refractivity contribution in [2.45, 2.75) is 25.9 Å². The topological polar surface area (TPSA) is 58.1 Å². The van der Waals surface area contributed by atoms with Crippen LogP contribution in [0.3, 0.4) is 0 Å². The van der Waals surface area contributed by atoms with E-state index in [-0.39, 0.29) is 24.0 Å². The van der Waals surface area contributed by atoms with Gasteiger partial charge in [-0.1, -0.05) is 30.3 Å². The number of methoxy groups -OCH3 is 1. The number of aliphatic imine (C=N–C) groups is 1. The van der Waals surface area contributed by atoms with E-state index in [0.717, 1.165) is 64.6 Å². The number of hydrogen-bond donors (Lipinski definition) is 2. The highest BCUT2D eigenvalue weighted by atomic mass is 127. The molecule has 2 N–H and O–H groups in total. The monoisotopic (exact) mass is 492 g/mol. The highest BCUT2D eigenvalue weighted by Gasteiger charge is 2.00. The van der Waals surface area contributed by atoms with Crippen LogP contribution in [0.15, 0.2) is 35.3 Å². The quantitative estimate of drug-likeness (QED) is 0.181. The van der Waals surface area contributed by atoms with Crippen LogP contribution in [-0.4, -0.2) is 71.5 Å². The molecule has 0 radical (unpaired) electrons. The van der Waals surface area contributed by atoms with Crippen LogP contribution in [-0.2, 0) is 16.1 Å². The van der Waals surface area contributed by atoms with Gasteiger partial charge < -0.3 is 25.0 Å². The van der Waals surface area contributed by atoms with Gasteiger partial charge >= 0.3 is 0 Å². The zero-order valence-corrected chi connectivity index (χ0v) is 19.4. The molecular weight excluding hydrogens is 455 g/mol. The Morgan fingerprint density at radius 2 is 1.74 bits per heavy atom. The predicted octanol–water partition coefficient (Wildman–Crippen LogP) is 2.73. The van der Waals surface area contributed by atoms with Gasteiger partial charge in [-0.15, -0.1) is 24.0 Å². The van der Waals surface area contributed by atoms with Crippen LogP contribution in [0.25, 0.3) is 0 Å². The van der Waals surface area contributed by atoms with Crippen LogP contribution in [0.1, 0.15) is 24.8 Å². The summed E-state index contributed by atoms with van der Waals surface area (Å²) >= 11 is 0. The molecule has 1 rings (SSSR count). The minimum Gasteiger partial charge on any atom is -0.385 e. The summed E-state index contributed by atoms with van der Waals surface area (Å²) in [5, 5.41) is 6.70. The van der Waals surface area contributed by atoms with Gasteiger partial charge in [-0.25, -0.2) is 0 Å². The number of nitrogens with one attached hydrogen (secondary N) is 2. The molecule has 0 fully saturated rings. The normalized spacial score (nSPS) is 11.3. The number of likely N-dealkylation sites (N-methyl/N-ethyl adjacent to an activating group) is 1. The molecule has 0 aromatic heterocycles. The van der Waals surface area contributed by atoms with Crippen LogP contribution in [0.2, 0.25) is 0 Å². The predicted molar refractivity (Wildman–Crippen MR) is 124 cm³/mol. The molecule has 0 aliphatic rings. The Morgan fingerprint density at radius 3 is 2.44 bits per heavy atom. The molecule has 6 nitrogen and oxygen atoms in total. The van der Waals surface area contributed by atoms with Crippen molar-refractivity contribution in [3.63, 3.8) is 0 Å². The van der Waals surface area contributed by atoms with Crippen molar-refractivity contribution >= 4 is 29.9 Å². The fourth-order valence-electron chi connectivity index (χ4n) is 2.48. The average Bonchev–Trinajstić information content (AvgIpc) is 2.66. The van der Waals surface area contributed by atoms with E-state index in [2.05, 4.69) is 39.7 Å². The van der Waals surface area contributed by atoms with E-state index in [1.54, 1.807) is 14.2 Å². The van der Waals surface area contributed by atoms with Crippen molar-refractivity contribution in [3.05, 3.63) is 35.9 Å². The first-order valence-corrected chi connectivity index (χ1v) is 9.50. The molecule has 1 aromatic carbocycles. The first kappa shape index (κ1) is 26.1. The van der Waals surface area contributed by atoms with Gasteiger partial charge in [0.25, 0.3) is 0 Å². The molecule has 1 aromatic rings. The zero-order chi connectivity index (χ0) is 18.9. The number of nitrogens with zero attached hydrogens (tertiary/aromatic N) is 2. The van der Waals surface area contributed by atoms with Crippen molar-refractivity contribution in [1.82, 2.24) is 15.5 Å². The van der Waals surface area contributed by atoms with E-state index in [9.17, 15) is 0 Å². The fraction of sp³-hybridized carbons (Fsp3) is 0.650. The molecule has 0 saturated carbocycles. The van der Waals surface area contributed by atoms with Crippen LogP contribution < -0.4 is 10.6 Å². The second kappa shape index (κ2) is 18.5. The first-order chi connectivity index (χ1) is 12.8. The molecule has 0 bridgehead atoms. The van der Waals surface area contributed by atoms with E-state index in [1.807, 2.05) is 18.2 Å². The summed E-state index contributed by atoms with van der Waals surface area (Å²) in [5.74, 6) is 0.862. The second-order valence-electron chi connectivity index (χ2n) is 6.32. The summed E-state index contributed by atoms with van der Waals surface area (Å²) in [6.07, 6.45) is 3.16. The van der Waals surface area contributed by atoms with Crippen molar-refractivity contribution in [1.29, 1.82) is 0 Å². The molecule has 0 spiro atoms. The van der Waals surface area contributed by atoms with E-state index in [4.69, 9.17) is 9.47 Å². The lowest BCUT2D eigenvalue weighted by Crippen LogP contribution is -2.41. The Bertz CT molecular complexity index is 474. The minimum atomic E-state index is 0.